The van der Waals surface area contributed by atoms with Crippen LogP contribution in [0.2, 0.25) is 0 Å². The van der Waals surface area contributed by atoms with E-state index in [0.717, 1.165) is 12.8 Å². The lowest BCUT2D eigenvalue weighted by molar-refractivity contribution is -0.132. The monoisotopic (exact) mass is 397 g/mol. The fourth-order valence-electron chi connectivity index (χ4n) is 3.93. The van der Waals surface area contributed by atoms with E-state index in [1.165, 1.54) is 5.56 Å². The minimum atomic E-state index is -3.68. The molecule has 0 aromatic heterocycles. The van der Waals surface area contributed by atoms with E-state index in [0.29, 0.717) is 30.4 Å². The van der Waals surface area contributed by atoms with Gasteiger partial charge in [0.25, 0.3) is 10.0 Å². The largest absolute Gasteiger partial charge is 0.349 e. The number of amidine groups is 1. The number of hydrogen-bond acceptors (Lipinski definition) is 4. The van der Waals surface area contributed by atoms with Gasteiger partial charge < -0.3 is 9.80 Å². The van der Waals surface area contributed by atoms with Gasteiger partial charge in [-0.3, -0.25) is 4.79 Å². The van der Waals surface area contributed by atoms with Gasteiger partial charge in [0.1, 0.15) is 4.90 Å². The molecule has 7 heteroatoms. The topological polar surface area (TPSA) is 70.1 Å². The van der Waals surface area contributed by atoms with Gasteiger partial charge in [-0.15, -0.1) is 4.40 Å². The lowest BCUT2D eigenvalue weighted by Crippen LogP contribution is -2.44. The zero-order valence-electron chi connectivity index (χ0n) is 15.8. The molecule has 0 unspecified atom stereocenters. The molecule has 1 amide bonds. The molecule has 4 rings (SSSR count). The van der Waals surface area contributed by atoms with Gasteiger partial charge in [0.2, 0.25) is 5.91 Å². The van der Waals surface area contributed by atoms with Crippen molar-refractivity contribution in [1.29, 1.82) is 0 Å². The normalized spacial score (nSPS) is 18.5. The molecule has 2 aromatic carbocycles. The number of carbonyl (C=O) groups excluding carboxylic acids is 1. The lowest BCUT2D eigenvalue weighted by Gasteiger charge is -2.33. The van der Waals surface area contributed by atoms with Gasteiger partial charge in [0.15, 0.2) is 5.84 Å². The Morgan fingerprint density at radius 3 is 2.43 bits per heavy atom. The first kappa shape index (κ1) is 18.7. The fraction of sp³-hybridized carbons (Fsp3) is 0.333. The molecule has 0 radical (unpaired) electrons. The van der Waals surface area contributed by atoms with Crippen LogP contribution >= 0.6 is 0 Å². The van der Waals surface area contributed by atoms with Crippen molar-refractivity contribution in [2.75, 3.05) is 26.7 Å². The summed E-state index contributed by atoms with van der Waals surface area (Å²) in [6.45, 7) is 1.54. The summed E-state index contributed by atoms with van der Waals surface area (Å²) in [6.07, 6.45) is 1.88. The Bertz CT molecular complexity index is 1010. The standard InChI is InChI=1S/C21H23N3O3S/c1-23(21-18-9-5-6-10-19(18)28(26,27)22-21)15-20(25)24-13-11-17(12-14-24)16-7-3-2-4-8-16/h2-10,17H,11-15H2,1H3. The van der Waals surface area contributed by atoms with Gasteiger partial charge in [-0.1, -0.05) is 42.5 Å². The first-order valence-electron chi connectivity index (χ1n) is 9.44. The number of nitrogens with zero attached hydrogens (tertiary/aromatic N) is 3. The number of benzene rings is 2. The van der Waals surface area contributed by atoms with Crippen LogP contribution in [-0.2, 0) is 14.8 Å². The van der Waals surface area contributed by atoms with Gasteiger partial charge in [-0.2, -0.15) is 8.42 Å². The van der Waals surface area contributed by atoms with Crippen LogP contribution in [-0.4, -0.2) is 56.6 Å². The first-order chi connectivity index (χ1) is 13.5. The van der Waals surface area contributed by atoms with Crippen molar-refractivity contribution in [3.8, 4) is 0 Å². The molecule has 0 saturated carbocycles. The van der Waals surface area contributed by atoms with Gasteiger partial charge >= 0.3 is 0 Å². The number of carbonyl (C=O) groups is 1. The third-order valence-corrected chi connectivity index (χ3v) is 6.79. The zero-order valence-corrected chi connectivity index (χ0v) is 16.6. The van der Waals surface area contributed by atoms with Gasteiger partial charge in [0, 0.05) is 25.7 Å². The van der Waals surface area contributed by atoms with E-state index in [1.54, 1.807) is 36.2 Å². The van der Waals surface area contributed by atoms with E-state index in [4.69, 9.17) is 0 Å². The summed E-state index contributed by atoms with van der Waals surface area (Å²) in [4.78, 5) is 16.5. The Morgan fingerprint density at radius 2 is 1.71 bits per heavy atom. The van der Waals surface area contributed by atoms with E-state index in [-0.39, 0.29) is 17.3 Å². The van der Waals surface area contributed by atoms with Crippen LogP contribution in [0.5, 0.6) is 0 Å². The highest BCUT2D eigenvalue weighted by Gasteiger charge is 2.32. The van der Waals surface area contributed by atoms with Crippen molar-refractivity contribution in [1.82, 2.24) is 9.80 Å². The number of sulfonamides is 1. The summed E-state index contributed by atoms with van der Waals surface area (Å²) in [5.74, 6) is 0.820. The predicted molar refractivity (Wildman–Crippen MR) is 108 cm³/mol. The second-order valence-corrected chi connectivity index (χ2v) is 8.88. The molecule has 2 aromatic rings. The molecular formula is C21H23N3O3S. The Hall–Kier alpha value is -2.67. The van der Waals surface area contributed by atoms with Crippen molar-refractivity contribution in [3.05, 3.63) is 65.7 Å². The van der Waals surface area contributed by atoms with Gasteiger partial charge in [-0.25, -0.2) is 0 Å². The number of rotatable bonds is 3. The SMILES string of the molecule is CN(CC(=O)N1CCC(c2ccccc2)CC1)C1=NS(=O)(=O)c2ccccc21. The molecule has 1 fully saturated rings. The fourth-order valence-corrected chi connectivity index (χ4v) is 5.18. The maximum atomic E-state index is 12.8. The average Bonchev–Trinajstić information content (AvgIpc) is 3.00. The molecule has 28 heavy (non-hydrogen) atoms. The molecule has 6 nitrogen and oxygen atoms in total. The van der Waals surface area contributed by atoms with Crippen LogP contribution in [0.1, 0.15) is 29.9 Å². The van der Waals surface area contributed by atoms with Crippen molar-refractivity contribution >= 4 is 21.8 Å². The number of amides is 1. The van der Waals surface area contributed by atoms with E-state index < -0.39 is 10.0 Å². The Labute approximate surface area is 165 Å². The van der Waals surface area contributed by atoms with E-state index in [9.17, 15) is 13.2 Å². The van der Waals surface area contributed by atoms with E-state index >= 15 is 0 Å². The molecule has 0 atom stereocenters. The minimum Gasteiger partial charge on any atom is -0.349 e. The molecule has 146 valence electrons. The summed E-state index contributed by atoms with van der Waals surface area (Å²) in [5.41, 5.74) is 1.88. The van der Waals surface area contributed by atoms with Crippen LogP contribution in [0.3, 0.4) is 0 Å². The maximum Gasteiger partial charge on any atom is 0.285 e. The molecule has 0 bridgehead atoms. The lowest BCUT2D eigenvalue weighted by atomic mass is 9.89. The van der Waals surface area contributed by atoms with Crippen LogP contribution < -0.4 is 0 Å². The molecule has 0 aliphatic carbocycles. The summed E-state index contributed by atoms with van der Waals surface area (Å²) < 4.78 is 28.3. The minimum absolute atomic E-state index is 0.00140. The second kappa shape index (κ2) is 7.39. The smallest absolute Gasteiger partial charge is 0.285 e. The molecule has 1 saturated heterocycles. The Morgan fingerprint density at radius 1 is 1.07 bits per heavy atom. The van der Waals surface area contributed by atoms with Crippen LogP contribution in [0, 0.1) is 0 Å². The second-order valence-electron chi connectivity index (χ2n) is 7.31. The molecule has 2 aliphatic heterocycles. The van der Waals surface area contributed by atoms with Crippen LogP contribution in [0.4, 0.5) is 0 Å². The number of hydrogen-bond donors (Lipinski definition) is 0. The molecule has 0 spiro atoms. The quantitative estimate of drug-likeness (QED) is 0.798. The first-order valence-corrected chi connectivity index (χ1v) is 10.9. The number of piperidine rings is 1. The van der Waals surface area contributed by atoms with Crippen LogP contribution in [0.15, 0.2) is 63.9 Å². The number of likely N-dealkylation sites (tertiary alicyclic amines) is 1. The van der Waals surface area contributed by atoms with Crippen molar-refractivity contribution in [2.24, 2.45) is 4.40 Å². The van der Waals surface area contributed by atoms with E-state index in [1.807, 2.05) is 11.0 Å². The molecular weight excluding hydrogens is 374 g/mol. The van der Waals surface area contributed by atoms with Crippen LogP contribution in [0.25, 0.3) is 0 Å². The summed E-state index contributed by atoms with van der Waals surface area (Å²) >= 11 is 0. The highest BCUT2D eigenvalue weighted by molar-refractivity contribution is 7.90. The van der Waals surface area contributed by atoms with E-state index in [2.05, 4.69) is 28.7 Å². The molecule has 0 N–H and O–H groups in total. The Balaban J connectivity index is 1.40. The number of likely N-dealkylation sites (N-methyl/N-ethyl adjacent to an activating group) is 1. The molecule has 2 aliphatic rings. The highest BCUT2D eigenvalue weighted by atomic mass is 32.2. The van der Waals surface area contributed by atoms with Gasteiger partial charge in [0.05, 0.1) is 6.54 Å². The number of fused-ring (bicyclic) bond motifs is 1. The van der Waals surface area contributed by atoms with Crippen molar-refractivity contribution in [2.45, 2.75) is 23.7 Å². The average molecular weight is 398 g/mol. The third kappa shape index (κ3) is 3.54. The maximum absolute atomic E-state index is 12.8. The Kier molecular flexibility index (Phi) is 4.93. The predicted octanol–water partition coefficient (Wildman–Crippen LogP) is 2.47. The van der Waals surface area contributed by atoms with Gasteiger partial charge in [-0.05, 0) is 36.5 Å². The molecule has 2 heterocycles. The highest BCUT2D eigenvalue weighted by Crippen LogP contribution is 2.29. The van der Waals surface area contributed by atoms with Crippen molar-refractivity contribution in [3.63, 3.8) is 0 Å². The zero-order chi connectivity index (χ0) is 19.7. The van der Waals surface area contributed by atoms with Crippen molar-refractivity contribution < 1.29 is 13.2 Å². The summed E-state index contributed by atoms with van der Waals surface area (Å²) in [7, 11) is -1.96. The summed E-state index contributed by atoms with van der Waals surface area (Å²) in [5, 5.41) is 0. The third-order valence-electron chi connectivity index (χ3n) is 5.47. The summed E-state index contributed by atoms with van der Waals surface area (Å²) in [6, 6.07) is 17.1.